The molecule has 4 rings (SSSR count). The van der Waals surface area contributed by atoms with Crippen molar-refractivity contribution in [3.8, 4) is 22.8 Å². The second-order valence-corrected chi connectivity index (χ2v) is 7.20. The minimum absolute atomic E-state index is 0.0395. The van der Waals surface area contributed by atoms with Crippen LogP contribution < -0.4 is 15.8 Å². The Bertz CT molecular complexity index is 1340. The minimum atomic E-state index is -4.60. The molecule has 0 atom stereocenters. The van der Waals surface area contributed by atoms with Gasteiger partial charge in [0.15, 0.2) is 0 Å². The maximum atomic E-state index is 13.0. The second-order valence-electron chi connectivity index (χ2n) is 7.20. The summed E-state index contributed by atoms with van der Waals surface area (Å²) in [5.74, 6) is 0.298. The van der Waals surface area contributed by atoms with Gasteiger partial charge in [0.25, 0.3) is 0 Å². The first-order valence-corrected chi connectivity index (χ1v) is 9.88. The SMILES string of the molecule is Nc1nc(Nc2ccc(Oc3ccnc(C(F)(F)F)c3)cc2)cc(-c2cccc(C(F)(F)F)c2)n1. The zero-order valence-electron chi connectivity index (χ0n) is 17.5. The number of pyridine rings is 1. The molecule has 3 N–H and O–H groups in total. The zero-order chi connectivity index (χ0) is 25.2. The van der Waals surface area contributed by atoms with Gasteiger partial charge in [-0.1, -0.05) is 12.1 Å². The molecular weight excluding hydrogens is 476 g/mol. The normalized spacial score (nSPS) is 11.8. The molecule has 6 nitrogen and oxygen atoms in total. The molecule has 0 saturated carbocycles. The number of alkyl halides is 6. The van der Waals surface area contributed by atoms with Crippen LogP contribution in [0.15, 0.2) is 72.9 Å². The number of aromatic nitrogens is 3. The van der Waals surface area contributed by atoms with Crippen molar-refractivity contribution < 1.29 is 31.1 Å². The highest BCUT2D eigenvalue weighted by atomic mass is 19.4. The average Bonchev–Trinajstić information content (AvgIpc) is 2.79. The predicted octanol–water partition coefficient (Wildman–Crippen LogP) is 6.69. The fourth-order valence-electron chi connectivity index (χ4n) is 3.05. The molecule has 0 unspecified atom stereocenters. The van der Waals surface area contributed by atoms with Gasteiger partial charge in [0.2, 0.25) is 5.95 Å². The van der Waals surface area contributed by atoms with E-state index in [-0.39, 0.29) is 34.5 Å². The van der Waals surface area contributed by atoms with Crippen molar-refractivity contribution >= 4 is 17.5 Å². The Balaban J connectivity index is 1.51. The van der Waals surface area contributed by atoms with E-state index in [2.05, 4.69) is 20.3 Å². The van der Waals surface area contributed by atoms with Gasteiger partial charge in [-0.15, -0.1) is 0 Å². The van der Waals surface area contributed by atoms with E-state index in [9.17, 15) is 26.3 Å². The molecule has 12 heteroatoms. The van der Waals surface area contributed by atoms with Crippen LogP contribution in [-0.2, 0) is 12.4 Å². The number of nitrogens with zero attached hydrogens (tertiary/aromatic N) is 3. The Hall–Kier alpha value is -4.35. The Labute approximate surface area is 194 Å². The quantitative estimate of drug-likeness (QED) is 0.303. The van der Waals surface area contributed by atoms with E-state index in [1.807, 2.05) is 0 Å². The predicted molar refractivity (Wildman–Crippen MR) is 116 cm³/mol. The van der Waals surface area contributed by atoms with Crippen molar-refractivity contribution in [1.29, 1.82) is 0 Å². The van der Waals surface area contributed by atoms with Crippen LogP contribution in [0.5, 0.6) is 11.5 Å². The lowest BCUT2D eigenvalue weighted by Gasteiger charge is -2.12. The largest absolute Gasteiger partial charge is 0.457 e. The van der Waals surface area contributed by atoms with Crippen LogP contribution in [0, 0.1) is 0 Å². The molecule has 2 aromatic carbocycles. The van der Waals surface area contributed by atoms with Crippen molar-refractivity contribution in [3.05, 3.63) is 84.2 Å². The van der Waals surface area contributed by atoms with Gasteiger partial charge in [0.05, 0.1) is 11.3 Å². The molecule has 0 radical (unpaired) electrons. The molecule has 0 spiro atoms. The number of benzene rings is 2. The molecule has 0 aliphatic carbocycles. The maximum Gasteiger partial charge on any atom is 0.433 e. The third kappa shape index (κ3) is 5.96. The van der Waals surface area contributed by atoms with E-state index in [1.54, 1.807) is 12.1 Å². The molecular formula is C23H15F6N5O. The van der Waals surface area contributed by atoms with Crippen LogP contribution in [0.2, 0.25) is 0 Å². The molecule has 0 aliphatic heterocycles. The number of rotatable bonds is 5. The number of ether oxygens (including phenoxy) is 1. The van der Waals surface area contributed by atoms with Crippen LogP contribution in [0.1, 0.15) is 11.3 Å². The van der Waals surface area contributed by atoms with Crippen molar-refractivity contribution in [2.45, 2.75) is 12.4 Å². The summed E-state index contributed by atoms with van der Waals surface area (Å²) in [6, 6.07) is 14.3. The van der Waals surface area contributed by atoms with Crippen LogP contribution >= 0.6 is 0 Å². The number of anilines is 3. The first-order valence-electron chi connectivity index (χ1n) is 9.88. The first kappa shape index (κ1) is 23.8. The second kappa shape index (κ2) is 9.12. The monoisotopic (exact) mass is 491 g/mol. The van der Waals surface area contributed by atoms with E-state index in [1.165, 1.54) is 36.4 Å². The van der Waals surface area contributed by atoms with Gasteiger partial charge >= 0.3 is 12.4 Å². The smallest absolute Gasteiger partial charge is 0.433 e. The molecule has 0 bridgehead atoms. The summed E-state index contributed by atoms with van der Waals surface area (Å²) in [4.78, 5) is 11.3. The lowest BCUT2D eigenvalue weighted by atomic mass is 10.1. The lowest BCUT2D eigenvalue weighted by molar-refractivity contribution is -0.141. The highest BCUT2D eigenvalue weighted by Crippen LogP contribution is 2.33. The number of hydrogen-bond donors (Lipinski definition) is 2. The summed E-state index contributed by atoms with van der Waals surface area (Å²) < 4.78 is 83.0. The van der Waals surface area contributed by atoms with E-state index in [4.69, 9.17) is 10.5 Å². The topological polar surface area (TPSA) is 86.0 Å². The lowest BCUT2D eigenvalue weighted by Crippen LogP contribution is -2.07. The molecule has 2 aromatic heterocycles. The number of hydrogen-bond acceptors (Lipinski definition) is 6. The maximum absolute atomic E-state index is 13.0. The van der Waals surface area contributed by atoms with E-state index in [0.717, 1.165) is 24.4 Å². The number of nitrogens with two attached hydrogens (primary N) is 1. The van der Waals surface area contributed by atoms with Gasteiger partial charge in [0, 0.05) is 29.6 Å². The van der Waals surface area contributed by atoms with Gasteiger partial charge in [-0.2, -0.15) is 31.3 Å². The van der Waals surface area contributed by atoms with Crippen LogP contribution in [0.25, 0.3) is 11.3 Å². The van der Waals surface area contributed by atoms with Gasteiger partial charge in [-0.25, -0.2) is 4.98 Å². The summed E-state index contributed by atoms with van der Waals surface area (Å²) in [6.45, 7) is 0. The average molecular weight is 491 g/mol. The molecule has 180 valence electrons. The molecule has 2 heterocycles. The summed E-state index contributed by atoms with van der Waals surface area (Å²) in [6.07, 6.45) is -8.11. The number of nitrogen functional groups attached to an aromatic ring is 1. The third-order valence-corrected chi connectivity index (χ3v) is 4.61. The van der Waals surface area contributed by atoms with Crippen molar-refractivity contribution in [2.24, 2.45) is 0 Å². The molecule has 0 aliphatic rings. The summed E-state index contributed by atoms with van der Waals surface area (Å²) in [5.41, 5.74) is 4.73. The van der Waals surface area contributed by atoms with Gasteiger partial charge in [-0.05, 0) is 42.5 Å². The van der Waals surface area contributed by atoms with Gasteiger partial charge < -0.3 is 15.8 Å². The van der Waals surface area contributed by atoms with E-state index >= 15 is 0 Å². The Kier molecular flexibility index (Phi) is 6.20. The number of halogens is 6. The Morgan fingerprint density at radius 3 is 2.20 bits per heavy atom. The van der Waals surface area contributed by atoms with Gasteiger partial charge in [-0.3, -0.25) is 4.98 Å². The molecule has 0 saturated heterocycles. The molecule has 0 amide bonds. The fourth-order valence-corrected chi connectivity index (χ4v) is 3.05. The molecule has 0 fully saturated rings. The molecule has 4 aromatic rings. The zero-order valence-corrected chi connectivity index (χ0v) is 17.5. The summed E-state index contributed by atoms with van der Waals surface area (Å²) >= 11 is 0. The van der Waals surface area contributed by atoms with E-state index < -0.39 is 23.6 Å². The highest BCUT2D eigenvalue weighted by Gasteiger charge is 2.33. The third-order valence-electron chi connectivity index (χ3n) is 4.61. The van der Waals surface area contributed by atoms with Crippen LogP contribution in [0.3, 0.4) is 0 Å². The Morgan fingerprint density at radius 1 is 0.771 bits per heavy atom. The standard InChI is InChI=1S/C23H15F6N5O/c24-22(25,26)14-3-1-2-13(10-14)18-12-20(34-21(30)33-18)32-15-4-6-16(7-5-15)35-17-8-9-31-19(11-17)23(27,28)29/h1-12H,(H3,30,32,33,34). The molecule has 35 heavy (non-hydrogen) atoms. The van der Waals surface area contributed by atoms with Crippen LogP contribution in [-0.4, -0.2) is 15.0 Å². The summed E-state index contributed by atoms with van der Waals surface area (Å²) in [5, 5.41) is 2.95. The van der Waals surface area contributed by atoms with Gasteiger partial charge in [0.1, 0.15) is 23.0 Å². The first-order chi connectivity index (χ1) is 16.5. The van der Waals surface area contributed by atoms with E-state index in [0.29, 0.717) is 5.69 Å². The number of nitrogens with one attached hydrogen (secondary N) is 1. The minimum Gasteiger partial charge on any atom is -0.457 e. The van der Waals surface area contributed by atoms with Crippen molar-refractivity contribution in [2.75, 3.05) is 11.1 Å². The van der Waals surface area contributed by atoms with Crippen LogP contribution in [0.4, 0.5) is 43.8 Å². The van der Waals surface area contributed by atoms with Crippen molar-refractivity contribution in [1.82, 2.24) is 15.0 Å². The highest BCUT2D eigenvalue weighted by molar-refractivity contribution is 5.68. The Morgan fingerprint density at radius 2 is 1.51 bits per heavy atom. The van der Waals surface area contributed by atoms with Crippen molar-refractivity contribution in [3.63, 3.8) is 0 Å². The summed E-state index contributed by atoms with van der Waals surface area (Å²) in [7, 11) is 0. The fraction of sp³-hybridized carbons (Fsp3) is 0.0870.